The first-order valence-electron chi connectivity index (χ1n) is 13.3. The first-order chi connectivity index (χ1) is 19.1. The molecule has 0 aromatic carbocycles. The Balaban J connectivity index is 1.44. The number of methoxy groups -OCH3 is 1. The number of carbonyl (C=O) groups is 3. The maximum absolute atomic E-state index is 12.8. The Morgan fingerprint density at radius 3 is 2.38 bits per heavy atom. The lowest BCUT2D eigenvalue weighted by Gasteiger charge is -2.16. The van der Waals surface area contributed by atoms with Gasteiger partial charge in [0.15, 0.2) is 11.6 Å². The van der Waals surface area contributed by atoms with Crippen LogP contribution in [0.3, 0.4) is 0 Å². The van der Waals surface area contributed by atoms with E-state index in [0.29, 0.717) is 22.7 Å². The second-order valence-corrected chi connectivity index (χ2v) is 8.89. The molecule has 2 saturated carbocycles. The third-order valence-electron chi connectivity index (χ3n) is 6.08. The van der Waals surface area contributed by atoms with Crippen LogP contribution < -0.4 is 26.0 Å². The first kappa shape index (κ1) is 20.6. The van der Waals surface area contributed by atoms with Gasteiger partial charge in [0, 0.05) is 46.9 Å². The van der Waals surface area contributed by atoms with Gasteiger partial charge in [-0.15, -0.1) is 0 Å². The van der Waals surface area contributed by atoms with Crippen molar-refractivity contribution < 1.29 is 23.2 Å². The predicted molar refractivity (Wildman–Crippen MR) is 138 cm³/mol. The number of ether oxygens (including phenoxy) is 1. The fourth-order valence-corrected chi connectivity index (χ4v) is 3.74. The van der Waals surface area contributed by atoms with Crippen molar-refractivity contribution in [3.8, 4) is 17.0 Å². The van der Waals surface area contributed by atoms with Gasteiger partial charge in [-0.3, -0.25) is 19.4 Å². The molecule has 37 heavy (non-hydrogen) atoms. The summed E-state index contributed by atoms with van der Waals surface area (Å²) in [5, 5.41) is 10.5. The van der Waals surface area contributed by atoms with E-state index in [0.717, 1.165) is 25.7 Å². The molecule has 0 aliphatic heterocycles. The highest BCUT2D eigenvalue weighted by Crippen LogP contribution is 2.37. The molecule has 2 fully saturated rings. The molecule has 190 valence electrons. The Bertz CT molecular complexity index is 1460. The number of rotatable bonds is 9. The maximum atomic E-state index is 12.8. The lowest BCUT2D eigenvalue weighted by Crippen LogP contribution is -2.20. The van der Waals surface area contributed by atoms with Gasteiger partial charge in [0.1, 0.15) is 5.82 Å². The van der Waals surface area contributed by atoms with Crippen LogP contribution >= 0.6 is 0 Å². The maximum Gasteiger partial charge on any atom is 0.254 e. The van der Waals surface area contributed by atoms with Gasteiger partial charge in [0.25, 0.3) is 5.91 Å². The Kier molecular flexibility index (Phi) is 5.70. The van der Waals surface area contributed by atoms with Gasteiger partial charge < -0.3 is 26.0 Å². The second-order valence-electron chi connectivity index (χ2n) is 8.89. The minimum atomic E-state index is -2.72. The minimum Gasteiger partial charge on any atom is -0.492 e. The zero-order valence-corrected chi connectivity index (χ0v) is 20.0. The highest BCUT2D eigenvalue weighted by molar-refractivity contribution is 6.01. The van der Waals surface area contributed by atoms with Crippen LogP contribution in [-0.4, -0.2) is 46.8 Å². The highest BCUT2D eigenvalue weighted by atomic mass is 16.5. The van der Waals surface area contributed by atoms with Crippen molar-refractivity contribution >= 4 is 40.7 Å². The Morgan fingerprint density at radius 1 is 0.973 bits per heavy atom. The van der Waals surface area contributed by atoms with Gasteiger partial charge in [-0.25, -0.2) is 9.97 Å². The molecule has 3 aromatic rings. The van der Waals surface area contributed by atoms with Crippen molar-refractivity contribution in [3.05, 3.63) is 48.4 Å². The molecule has 3 heterocycles. The third kappa shape index (κ3) is 5.50. The average Bonchev–Trinajstić information content (AvgIpc) is 3.81. The van der Waals surface area contributed by atoms with Crippen molar-refractivity contribution in [2.45, 2.75) is 25.7 Å². The molecule has 2 aliphatic carbocycles. The SMILES string of the molecule is [2H]C([2H])([2H])NC(=O)c1cnc(NC(=O)C2CC2)cc1Nc1nccc(-c2ccc(NC(=O)C3CC3)cn2)c1OC. The summed E-state index contributed by atoms with van der Waals surface area (Å²) in [6.45, 7) is -2.72. The molecule has 0 bridgehead atoms. The molecule has 4 N–H and O–H groups in total. The quantitative estimate of drug-likeness (QED) is 0.347. The molecular weight excluding hydrogens is 474 g/mol. The number of amides is 3. The largest absolute Gasteiger partial charge is 0.492 e. The Labute approximate surface area is 217 Å². The average molecular weight is 505 g/mol. The molecule has 3 amide bonds. The van der Waals surface area contributed by atoms with E-state index in [4.69, 9.17) is 8.85 Å². The molecule has 0 saturated heterocycles. The number of anilines is 4. The van der Waals surface area contributed by atoms with Gasteiger partial charge in [-0.2, -0.15) is 0 Å². The van der Waals surface area contributed by atoms with E-state index in [1.165, 1.54) is 25.6 Å². The predicted octanol–water partition coefficient (Wildman–Crippen LogP) is 3.35. The van der Waals surface area contributed by atoms with Gasteiger partial charge in [0.05, 0.1) is 35.9 Å². The summed E-state index contributed by atoms with van der Waals surface area (Å²) >= 11 is 0. The van der Waals surface area contributed by atoms with E-state index in [2.05, 4.69) is 30.9 Å². The van der Waals surface area contributed by atoms with E-state index < -0.39 is 12.9 Å². The van der Waals surface area contributed by atoms with Crippen molar-refractivity contribution in [2.75, 3.05) is 30.0 Å². The van der Waals surface area contributed by atoms with Crippen LogP contribution in [0.15, 0.2) is 42.9 Å². The van der Waals surface area contributed by atoms with E-state index in [-0.39, 0.29) is 46.5 Å². The number of carbonyl (C=O) groups excluding carboxylic acids is 3. The smallest absolute Gasteiger partial charge is 0.254 e. The van der Waals surface area contributed by atoms with E-state index >= 15 is 0 Å². The topological polar surface area (TPSA) is 147 Å². The second kappa shape index (κ2) is 10.2. The standard InChI is InChI=1S/C26H27N7O4/c1-27-26(36)18-13-30-21(33-25(35)15-5-6-15)11-20(18)32-23-22(37-2)17(9-10-28-23)19-8-7-16(12-29-19)31-24(34)14-3-4-14/h7-15H,3-6H2,1-2H3,(H,27,36)(H,31,34)(H2,28,30,32,33,35)/i1D3. The summed E-state index contributed by atoms with van der Waals surface area (Å²) in [7, 11) is 1.45. The van der Waals surface area contributed by atoms with Crippen molar-refractivity contribution in [3.63, 3.8) is 0 Å². The fourth-order valence-electron chi connectivity index (χ4n) is 3.74. The van der Waals surface area contributed by atoms with Crippen LogP contribution in [-0.2, 0) is 9.59 Å². The summed E-state index contributed by atoms with van der Waals surface area (Å²) in [6, 6.07) is 6.60. The monoisotopic (exact) mass is 504 g/mol. The van der Waals surface area contributed by atoms with Crippen LogP contribution in [0.2, 0.25) is 0 Å². The molecule has 2 aliphatic rings. The van der Waals surface area contributed by atoms with Crippen molar-refractivity contribution in [1.82, 2.24) is 20.3 Å². The number of hydrogen-bond acceptors (Lipinski definition) is 8. The van der Waals surface area contributed by atoms with Crippen LogP contribution in [0.25, 0.3) is 11.3 Å². The lowest BCUT2D eigenvalue weighted by atomic mass is 10.1. The van der Waals surface area contributed by atoms with E-state index in [1.54, 1.807) is 24.4 Å². The normalized spacial score (nSPS) is 16.0. The third-order valence-corrected chi connectivity index (χ3v) is 6.08. The summed E-state index contributed by atoms with van der Waals surface area (Å²) in [4.78, 5) is 50.1. The summed E-state index contributed by atoms with van der Waals surface area (Å²) in [5.74, 6) is -0.410. The van der Waals surface area contributed by atoms with Crippen LogP contribution in [0.4, 0.5) is 23.0 Å². The molecule has 0 spiro atoms. The molecule has 11 heteroatoms. The van der Waals surface area contributed by atoms with E-state index in [9.17, 15) is 14.4 Å². The summed E-state index contributed by atoms with van der Waals surface area (Å²) in [5.41, 5.74) is 1.76. The highest BCUT2D eigenvalue weighted by Gasteiger charge is 2.30. The number of hydrogen-bond donors (Lipinski definition) is 4. The van der Waals surface area contributed by atoms with Gasteiger partial charge in [-0.1, -0.05) is 0 Å². The molecule has 0 unspecified atom stereocenters. The molecule has 11 nitrogen and oxygen atoms in total. The zero-order valence-electron chi connectivity index (χ0n) is 23.0. The Morgan fingerprint density at radius 2 is 1.73 bits per heavy atom. The van der Waals surface area contributed by atoms with Gasteiger partial charge in [-0.05, 0) is 43.9 Å². The molecule has 0 atom stereocenters. The van der Waals surface area contributed by atoms with Crippen LogP contribution in [0, 0.1) is 11.8 Å². The number of nitrogens with zero attached hydrogens (tertiary/aromatic N) is 3. The lowest BCUT2D eigenvalue weighted by molar-refractivity contribution is -0.118. The molecule has 0 radical (unpaired) electrons. The molecule has 5 rings (SSSR count). The fraction of sp³-hybridized carbons (Fsp3) is 0.308. The number of pyridine rings is 3. The van der Waals surface area contributed by atoms with Crippen LogP contribution in [0.1, 0.15) is 40.2 Å². The Hall–Kier alpha value is -4.54. The van der Waals surface area contributed by atoms with Crippen LogP contribution in [0.5, 0.6) is 5.75 Å². The number of aromatic nitrogens is 3. The van der Waals surface area contributed by atoms with Crippen molar-refractivity contribution in [1.29, 1.82) is 0 Å². The van der Waals surface area contributed by atoms with Crippen molar-refractivity contribution in [2.24, 2.45) is 11.8 Å². The van der Waals surface area contributed by atoms with E-state index in [1.807, 2.05) is 5.32 Å². The summed E-state index contributed by atoms with van der Waals surface area (Å²) < 4.78 is 27.8. The first-order valence-corrected chi connectivity index (χ1v) is 11.8. The van der Waals surface area contributed by atoms with Gasteiger partial charge in [0.2, 0.25) is 11.8 Å². The molecule has 3 aromatic heterocycles. The van der Waals surface area contributed by atoms with Gasteiger partial charge >= 0.3 is 0 Å². The summed E-state index contributed by atoms with van der Waals surface area (Å²) in [6.07, 6.45) is 7.64. The minimum absolute atomic E-state index is 0.0223. The molecular formula is C26H27N7O4. The number of nitrogens with one attached hydrogen (secondary N) is 4. The zero-order chi connectivity index (χ0) is 28.4.